The zero-order valence-corrected chi connectivity index (χ0v) is 13.9. The first-order chi connectivity index (χ1) is 12.2. The summed E-state index contributed by atoms with van der Waals surface area (Å²) in [6.07, 6.45) is 4.03. The number of hydrogen-bond acceptors (Lipinski definition) is 3. The highest BCUT2D eigenvalue weighted by molar-refractivity contribution is 5.46. The Morgan fingerprint density at radius 1 is 0.880 bits per heavy atom. The van der Waals surface area contributed by atoms with Crippen LogP contribution in [0.15, 0.2) is 30.3 Å². The molecule has 2 aromatic carbocycles. The number of hydrogen-bond donors (Lipinski definition) is 0. The van der Waals surface area contributed by atoms with Crippen molar-refractivity contribution in [1.29, 1.82) is 0 Å². The highest BCUT2D eigenvalue weighted by atomic mass is 19.1. The minimum atomic E-state index is -0.486. The van der Waals surface area contributed by atoms with Crippen LogP contribution in [0.25, 0.3) is 0 Å². The zero-order chi connectivity index (χ0) is 17.2. The van der Waals surface area contributed by atoms with Gasteiger partial charge < -0.3 is 14.2 Å². The van der Waals surface area contributed by atoms with Crippen LogP contribution < -0.4 is 9.47 Å². The van der Waals surface area contributed by atoms with Gasteiger partial charge in [0.1, 0.15) is 23.4 Å². The second-order valence-corrected chi connectivity index (χ2v) is 6.48. The summed E-state index contributed by atoms with van der Waals surface area (Å²) in [5.41, 5.74) is 1.54. The molecule has 0 spiro atoms. The first-order valence-electron chi connectivity index (χ1n) is 8.73. The van der Waals surface area contributed by atoms with Crippen LogP contribution in [0, 0.1) is 11.6 Å². The normalized spacial score (nSPS) is 17.4. The summed E-state index contributed by atoms with van der Waals surface area (Å²) in [4.78, 5) is 0. The third-order valence-corrected chi connectivity index (χ3v) is 4.78. The summed E-state index contributed by atoms with van der Waals surface area (Å²) in [6, 6.07) is 7.58. The van der Waals surface area contributed by atoms with Gasteiger partial charge >= 0.3 is 0 Å². The molecule has 0 atom stereocenters. The monoisotopic (exact) mass is 346 g/mol. The average Bonchev–Trinajstić information content (AvgIpc) is 3.11. The molecule has 1 saturated heterocycles. The van der Waals surface area contributed by atoms with E-state index in [2.05, 4.69) is 0 Å². The van der Waals surface area contributed by atoms with Crippen molar-refractivity contribution in [3.63, 3.8) is 0 Å². The lowest BCUT2D eigenvalue weighted by Crippen LogP contribution is -2.25. The molecule has 2 aromatic rings. The Bertz CT molecular complexity index is 770. The quantitative estimate of drug-likeness (QED) is 0.796. The molecule has 1 heterocycles. The first-order valence-corrected chi connectivity index (χ1v) is 8.73. The minimum Gasteiger partial charge on any atom is -0.490 e. The van der Waals surface area contributed by atoms with Gasteiger partial charge in [-0.15, -0.1) is 0 Å². The fourth-order valence-corrected chi connectivity index (χ4v) is 3.47. The van der Waals surface area contributed by atoms with E-state index >= 15 is 0 Å². The van der Waals surface area contributed by atoms with E-state index in [0.717, 1.165) is 31.2 Å². The largest absolute Gasteiger partial charge is 0.490 e. The van der Waals surface area contributed by atoms with Gasteiger partial charge in [0.15, 0.2) is 11.6 Å². The summed E-state index contributed by atoms with van der Waals surface area (Å²) in [6.45, 7) is 1.34. The van der Waals surface area contributed by atoms with Gasteiger partial charge in [0.05, 0.1) is 13.2 Å². The molecule has 2 aliphatic rings. The summed E-state index contributed by atoms with van der Waals surface area (Å²) in [5, 5.41) is 0. The van der Waals surface area contributed by atoms with Crippen LogP contribution in [-0.2, 0) is 17.6 Å². The molecule has 0 amide bonds. The molecule has 1 fully saturated rings. The van der Waals surface area contributed by atoms with E-state index in [4.69, 9.17) is 14.2 Å². The van der Waals surface area contributed by atoms with Crippen LogP contribution in [0.4, 0.5) is 8.78 Å². The van der Waals surface area contributed by atoms with Crippen molar-refractivity contribution < 1.29 is 23.0 Å². The summed E-state index contributed by atoms with van der Waals surface area (Å²) in [5.74, 6) is 0.452. The van der Waals surface area contributed by atoms with E-state index in [0.29, 0.717) is 36.7 Å². The molecule has 1 aliphatic heterocycles. The van der Waals surface area contributed by atoms with E-state index in [-0.39, 0.29) is 17.7 Å². The number of benzene rings is 2. The summed E-state index contributed by atoms with van der Waals surface area (Å²) in [7, 11) is 0. The van der Waals surface area contributed by atoms with Gasteiger partial charge in [-0.05, 0) is 49.1 Å². The van der Waals surface area contributed by atoms with Crippen LogP contribution in [0.1, 0.15) is 30.4 Å². The molecule has 5 heteroatoms. The molecule has 0 saturated carbocycles. The van der Waals surface area contributed by atoms with Crippen molar-refractivity contribution in [2.45, 2.75) is 38.2 Å². The molecule has 0 unspecified atom stereocenters. The van der Waals surface area contributed by atoms with Crippen molar-refractivity contribution >= 4 is 0 Å². The zero-order valence-electron chi connectivity index (χ0n) is 13.9. The number of ether oxygens (including phenoxy) is 3. The van der Waals surface area contributed by atoms with Crippen molar-refractivity contribution in [1.82, 2.24) is 0 Å². The van der Waals surface area contributed by atoms with E-state index in [1.54, 1.807) is 18.2 Å². The lowest BCUT2D eigenvalue weighted by molar-refractivity contribution is 0.0254. The topological polar surface area (TPSA) is 27.7 Å². The smallest absolute Gasteiger partial charge is 0.169 e. The maximum absolute atomic E-state index is 14.4. The van der Waals surface area contributed by atoms with E-state index in [9.17, 15) is 8.78 Å². The van der Waals surface area contributed by atoms with Crippen molar-refractivity contribution in [2.75, 3.05) is 13.2 Å². The Morgan fingerprint density at radius 3 is 2.44 bits per heavy atom. The lowest BCUT2D eigenvalue weighted by atomic mass is 10.1. The Kier molecular flexibility index (Phi) is 4.57. The van der Waals surface area contributed by atoms with Crippen LogP contribution in [0.5, 0.6) is 17.2 Å². The minimum absolute atomic E-state index is 0.0558. The molecule has 0 radical (unpaired) electrons. The average molecular weight is 346 g/mol. The molecule has 0 aromatic heterocycles. The maximum Gasteiger partial charge on any atom is 0.169 e. The summed E-state index contributed by atoms with van der Waals surface area (Å²) >= 11 is 0. The van der Waals surface area contributed by atoms with E-state index < -0.39 is 5.82 Å². The van der Waals surface area contributed by atoms with Crippen LogP contribution >= 0.6 is 0 Å². The van der Waals surface area contributed by atoms with E-state index in [1.165, 1.54) is 12.1 Å². The van der Waals surface area contributed by atoms with Gasteiger partial charge in [-0.1, -0.05) is 0 Å². The molecular weight excluding hydrogens is 326 g/mol. The van der Waals surface area contributed by atoms with Crippen molar-refractivity contribution in [2.24, 2.45) is 0 Å². The standard InChI is InChI=1S/C20H20F2O3/c21-17-5-7-19(16-3-1-2-15(16)17)25-20-6-4-14(12-18(20)22)24-13-8-10-23-11-9-13/h4-7,12-13H,1-3,8-11H2. The number of rotatable bonds is 4. The van der Waals surface area contributed by atoms with Gasteiger partial charge in [-0.25, -0.2) is 8.78 Å². The van der Waals surface area contributed by atoms with Gasteiger partial charge in [-0.2, -0.15) is 0 Å². The van der Waals surface area contributed by atoms with E-state index in [1.807, 2.05) is 0 Å². The predicted octanol–water partition coefficient (Wildman–Crippen LogP) is 4.80. The Hall–Kier alpha value is -2.14. The molecule has 4 rings (SSSR count). The molecule has 25 heavy (non-hydrogen) atoms. The van der Waals surface area contributed by atoms with Crippen LogP contribution in [-0.4, -0.2) is 19.3 Å². The van der Waals surface area contributed by atoms with Gasteiger partial charge in [0, 0.05) is 24.5 Å². The second-order valence-electron chi connectivity index (χ2n) is 6.48. The third kappa shape index (κ3) is 3.47. The molecule has 3 nitrogen and oxygen atoms in total. The lowest BCUT2D eigenvalue weighted by Gasteiger charge is -2.23. The van der Waals surface area contributed by atoms with Crippen LogP contribution in [0.3, 0.4) is 0 Å². The predicted molar refractivity (Wildman–Crippen MR) is 89.4 cm³/mol. The fourth-order valence-electron chi connectivity index (χ4n) is 3.47. The fraction of sp³-hybridized carbons (Fsp3) is 0.400. The second kappa shape index (κ2) is 7.00. The maximum atomic E-state index is 14.4. The van der Waals surface area contributed by atoms with Gasteiger partial charge in [0.2, 0.25) is 0 Å². The first kappa shape index (κ1) is 16.3. The van der Waals surface area contributed by atoms with Gasteiger partial charge in [0.25, 0.3) is 0 Å². The molecular formula is C20H20F2O3. The molecule has 0 N–H and O–H groups in total. The molecule has 132 valence electrons. The van der Waals surface area contributed by atoms with Gasteiger partial charge in [-0.3, -0.25) is 0 Å². The number of fused-ring (bicyclic) bond motifs is 1. The highest BCUT2D eigenvalue weighted by Gasteiger charge is 2.21. The van der Waals surface area contributed by atoms with Crippen molar-refractivity contribution in [3.8, 4) is 17.2 Å². The van der Waals surface area contributed by atoms with Crippen molar-refractivity contribution in [3.05, 3.63) is 53.1 Å². The molecule has 0 bridgehead atoms. The highest BCUT2D eigenvalue weighted by Crippen LogP contribution is 2.36. The molecule has 1 aliphatic carbocycles. The summed E-state index contributed by atoms with van der Waals surface area (Å²) < 4.78 is 45.1. The van der Waals surface area contributed by atoms with Crippen LogP contribution in [0.2, 0.25) is 0 Å². The Balaban J connectivity index is 1.51. The Morgan fingerprint density at radius 2 is 1.64 bits per heavy atom. The number of halogens is 2. The third-order valence-electron chi connectivity index (χ3n) is 4.78. The Labute approximate surface area is 145 Å². The SMILES string of the molecule is Fc1cc(OC2CCOCC2)ccc1Oc1ccc(F)c2c1CCC2.